The summed E-state index contributed by atoms with van der Waals surface area (Å²) in [5.41, 5.74) is 2.47. The molecule has 1 aromatic heterocycles. The first kappa shape index (κ1) is 11.6. The van der Waals surface area contributed by atoms with E-state index < -0.39 is 0 Å². The van der Waals surface area contributed by atoms with E-state index in [1.807, 2.05) is 12.1 Å². The number of hydrogen-bond acceptors (Lipinski definition) is 1. The fourth-order valence-corrected chi connectivity index (χ4v) is 1.88. The second kappa shape index (κ2) is 5.00. The number of carbonyl (C=O) groups excluding carboxylic acids is 1. The molecule has 0 aliphatic carbocycles. The first-order chi connectivity index (χ1) is 8.16. The van der Waals surface area contributed by atoms with Gasteiger partial charge in [-0.1, -0.05) is 36.8 Å². The molecule has 0 unspecified atom stereocenters. The predicted octanol–water partition coefficient (Wildman–Crippen LogP) is 3.63. The Kier molecular flexibility index (Phi) is 3.43. The van der Waals surface area contributed by atoms with E-state index in [1.54, 1.807) is 17.0 Å². The molecular formula is C15H17NO. The second-order valence-corrected chi connectivity index (χ2v) is 4.50. The monoisotopic (exact) mass is 227 g/mol. The number of aromatic nitrogens is 1. The third-order valence-corrected chi connectivity index (χ3v) is 3.02. The molecule has 1 atom stereocenters. The van der Waals surface area contributed by atoms with Crippen LogP contribution in [0.3, 0.4) is 0 Å². The molecule has 0 amide bonds. The number of rotatable bonds is 3. The SMILES string of the molecule is Cc1ccc([C@@H](C)CC(=O)n2cccc2)cc1. The van der Waals surface area contributed by atoms with Gasteiger partial charge in [-0.05, 0) is 30.5 Å². The molecule has 0 N–H and O–H groups in total. The van der Waals surface area contributed by atoms with E-state index >= 15 is 0 Å². The summed E-state index contributed by atoms with van der Waals surface area (Å²) in [5.74, 6) is 0.397. The lowest BCUT2D eigenvalue weighted by Crippen LogP contribution is -2.11. The van der Waals surface area contributed by atoms with E-state index in [9.17, 15) is 4.79 Å². The van der Waals surface area contributed by atoms with E-state index in [-0.39, 0.29) is 11.8 Å². The van der Waals surface area contributed by atoms with E-state index in [0.717, 1.165) is 0 Å². The molecule has 0 aliphatic heterocycles. The van der Waals surface area contributed by atoms with E-state index in [0.29, 0.717) is 6.42 Å². The minimum atomic E-state index is 0.142. The summed E-state index contributed by atoms with van der Waals surface area (Å²) in [6, 6.07) is 12.1. The fourth-order valence-electron chi connectivity index (χ4n) is 1.88. The number of aryl methyl sites for hydroxylation is 1. The highest BCUT2D eigenvalue weighted by Gasteiger charge is 2.11. The standard InChI is InChI=1S/C15H17NO/c1-12-5-7-14(8-6-12)13(2)11-15(17)16-9-3-4-10-16/h3-10,13H,11H2,1-2H3/t13-/m0/s1. The largest absolute Gasteiger partial charge is 0.295 e. The average Bonchev–Trinajstić information content (AvgIpc) is 2.83. The normalized spacial score (nSPS) is 12.4. The minimum Gasteiger partial charge on any atom is -0.295 e. The lowest BCUT2D eigenvalue weighted by atomic mass is 9.96. The maximum absolute atomic E-state index is 11.9. The first-order valence-electron chi connectivity index (χ1n) is 5.89. The summed E-state index contributed by atoms with van der Waals surface area (Å²) in [7, 11) is 0. The fraction of sp³-hybridized carbons (Fsp3) is 0.267. The van der Waals surface area contributed by atoms with Crippen LogP contribution >= 0.6 is 0 Å². The molecule has 0 aliphatic rings. The van der Waals surface area contributed by atoms with Crippen molar-refractivity contribution >= 4 is 5.91 Å². The molecule has 88 valence electrons. The van der Waals surface area contributed by atoms with Crippen LogP contribution in [0.2, 0.25) is 0 Å². The third kappa shape index (κ3) is 2.84. The Balaban J connectivity index is 2.04. The van der Waals surface area contributed by atoms with Crippen molar-refractivity contribution in [3.05, 3.63) is 59.9 Å². The summed E-state index contributed by atoms with van der Waals surface area (Å²) in [5, 5.41) is 0. The van der Waals surface area contributed by atoms with Crippen molar-refractivity contribution in [1.29, 1.82) is 0 Å². The predicted molar refractivity (Wildman–Crippen MR) is 69.3 cm³/mol. The molecule has 0 bridgehead atoms. The van der Waals surface area contributed by atoms with Gasteiger partial charge in [0.1, 0.15) is 0 Å². The van der Waals surface area contributed by atoms with Gasteiger partial charge < -0.3 is 0 Å². The average molecular weight is 227 g/mol. The Hall–Kier alpha value is -1.83. The molecular weight excluding hydrogens is 210 g/mol. The van der Waals surface area contributed by atoms with Gasteiger partial charge in [-0.3, -0.25) is 9.36 Å². The van der Waals surface area contributed by atoms with Crippen molar-refractivity contribution in [3.63, 3.8) is 0 Å². The number of benzene rings is 1. The molecule has 2 rings (SSSR count). The van der Waals surface area contributed by atoms with Gasteiger partial charge in [-0.25, -0.2) is 0 Å². The molecule has 0 fully saturated rings. The van der Waals surface area contributed by atoms with Crippen LogP contribution in [0, 0.1) is 6.92 Å². The summed E-state index contributed by atoms with van der Waals surface area (Å²) in [6.07, 6.45) is 4.13. The Labute approximate surface area is 102 Å². The van der Waals surface area contributed by atoms with Crippen LogP contribution in [0.15, 0.2) is 48.8 Å². The number of nitrogens with zero attached hydrogens (tertiary/aromatic N) is 1. The van der Waals surface area contributed by atoms with Crippen molar-refractivity contribution in [2.45, 2.75) is 26.2 Å². The zero-order valence-corrected chi connectivity index (χ0v) is 10.3. The van der Waals surface area contributed by atoms with Crippen molar-refractivity contribution in [1.82, 2.24) is 4.57 Å². The van der Waals surface area contributed by atoms with Crippen molar-refractivity contribution in [3.8, 4) is 0 Å². The van der Waals surface area contributed by atoms with Gasteiger partial charge in [-0.2, -0.15) is 0 Å². The van der Waals surface area contributed by atoms with Gasteiger partial charge in [0.15, 0.2) is 0 Å². The van der Waals surface area contributed by atoms with Crippen molar-refractivity contribution < 1.29 is 4.79 Å². The van der Waals surface area contributed by atoms with Crippen LogP contribution < -0.4 is 0 Å². The molecule has 0 saturated carbocycles. The van der Waals surface area contributed by atoms with Gasteiger partial charge in [0.25, 0.3) is 0 Å². The summed E-state index contributed by atoms with van der Waals surface area (Å²) >= 11 is 0. The molecule has 0 spiro atoms. The van der Waals surface area contributed by atoms with Gasteiger partial charge >= 0.3 is 0 Å². The topological polar surface area (TPSA) is 22.0 Å². The highest BCUT2D eigenvalue weighted by Crippen LogP contribution is 2.20. The zero-order chi connectivity index (χ0) is 12.3. The molecule has 1 heterocycles. The zero-order valence-electron chi connectivity index (χ0n) is 10.3. The number of hydrogen-bond donors (Lipinski definition) is 0. The Morgan fingerprint density at radius 3 is 2.35 bits per heavy atom. The summed E-state index contributed by atoms with van der Waals surface area (Å²) < 4.78 is 1.64. The van der Waals surface area contributed by atoms with Crippen molar-refractivity contribution in [2.24, 2.45) is 0 Å². The van der Waals surface area contributed by atoms with Crippen LogP contribution in [-0.2, 0) is 0 Å². The van der Waals surface area contributed by atoms with Gasteiger partial charge in [-0.15, -0.1) is 0 Å². The Morgan fingerprint density at radius 2 is 1.76 bits per heavy atom. The molecule has 0 radical (unpaired) electrons. The van der Waals surface area contributed by atoms with Gasteiger partial charge in [0, 0.05) is 18.8 Å². The Morgan fingerprint density at radius 1 is 1.18 bits per heavy atom. The van der Waals surface area contributed by atoms with Crippen LogP contribution in [0.1, 0.15) is 35.2 Å². The van der Waals surface area contributed by atoms with E-state index in [2.05, 4.69) is 38.1 Å². The van der Waals surface area contributed by atoms with Crippen LogP contribution in [0.4, 0.5) is 0 Å². The molecule has 17 heavy (non-hydrogen) atoms. The molecule has 0 saturated heterocycles. The summed E-state index contributed by atoms with van der Waals surface area (Å²) in [6.45, 7) is 4.16. The van der Waals surface area contributed by atoms with Crippen LogP contribution in [-0.4, -0.2) is 10.5 Å². The summed E-state index contributed by atoms with van der Waals surface area (Å²) in [4.78, 5) is 11.9. The first-order valence-corrected chi connectivity index (χ1v) is 5.89. The van der Waals surface area contributed by atoms with Crippen molar-refractivity contribution in [2.75, 3.05) is 0 Å². The van der Waals surface area contributed by atoms with Gasteiger partial charge in [0.2, 0.25) is 5.91 Å². The highest BCUT2D eigenvalue weighted by molar-refractivity contribution is 5.79. The molecule has 2 aromatic rings. The van der Waals surface area contributed by atoms with Crippen LogP contribution in [0.25, 0.3) is 0 Å². The lowest BCUT2D eigenvalue weighted by molar-refractivity contribution is 0.0895. The quantitative estimate of drug-likeness (QED) is 0.784. The van der Waals surface area contributed by atoms with E-state index in [4.69, 9.17) is 0 Å². The minimum absolute atomic E-state index is 0.142. The Bertz CT molecular complexity index is 482. The number of carbonyl (C=O) groups is 1. The highest BCUT2D eigenvalue weighted by atomic mass is 16.1. The smallest absolute Gasteiger partial charge is 0.231 e. The lowest BCUT2D eigenvalue weighted by Gasteiger charge is -2.11. The second-order valence-electron chi connectivity index (χ2n) is 4.50. The third-order valence-electron chi connectivity index (χ3n) is 3.02. The van der Waals surface area contributed by atoms with Crippen LogP contribution in [0.5, 0.6) is 0 Å². The maximum Gasteiger partial charge on any atom is 0.231 e. The molecule has 2 heteroatoms. The molecule has 1 aromatic carbocycles. The maximum atomic E-state index is 11.9. The van der Waals surface area contributed by atoms with Gasteiger partial charge in [0.05, 0.1) is 0 Å². The van der Waals surface area contributed by atoms with E-state index in [1.165, 1.54) is 11.1 Å². The molecule has 2 nitrogen and oxygen atoms in total.